The average Bonchev–Trinajstić information content (AvgIpc) is 0.888. The van der Waals surface area contributed by atoms with Gasteiger partial charge in [-0.05, 0) is 231 Å². The van der Waals surface area contributed by atoms with Crippen molar-refractivity contribution in [1.82, 2.24) is 4.90 Å². The molecular formula is C123H265F4NO19S. The van der Waals surface area contributed by atoms with Crippen molar-refractivity contribution < 1.29 is 112 Å². The lowest BCUT2D eigenvalue weighted by molar-refractivity contribution is -0.142. The lowest BCUT2D eigenvalue weighted by atomic mass is 9.75. The number of benzene rings is 1. The SMILES string of the molecule is CC(=O)OCC(CCS(C)=O)C(C)C.CC(C)C(C)C(O)CO.CC(C)C(C)CN(C)C.CC(C)C(C)CO.CC(C)C(CF)CF.CC(C)C(CF)CF.CC(C)C(CO)C(C)(C)C.CC(C)C(CO)C(C)C.CC(C)C(CO)CO.CC(C)C(CO)c1ccccc1.CC(C)CC(C)(C)O.CC(C)CC(CO)C(C)C.CC(C)CC(O)C(C)C.CC(C)CC(O)CO.CCC(COC)C(C)C.COCC(COC)C(C)C. The molecular weight excluding hydrogens is 1900 g/mol. The number of esters is 1. The molecule has 25 heteroatoms. The van der Waals surface area contributed by atoms with Crippen LogP contribution in [0, 0.1) is 189 Å². The van der Waals surface area contributed by atoms with E-state index in [9.17, 15) is 36.8 Å². The number of carbonyl (C=O) groups is 1. The highest BCUT2D eigenvalue weighted by molar-refractivity contribution is 7.84. The van der Waals surface area contributed by atoms with E-state index >= 15 is 0 Å². The minimum atomic E-state index is -0.757. The molecule has 0 amide bonds. The summed E-state index contributed by atoms with van der Waals surface area (Å²) in [6.45, 7) is 103. The van der Waals surface area contributed by atoms with Gasteiger partial charge in [-0.15, -0.1) is 0 Å². The van der Waals surface area contributed by atoms with Crippen molar-refractivity contribution in [2.24, 2.45) is 189 Å². The van der Waals surface area contributed by atoms with Crippen LogP contribution in [0.2, 0.25) is 0 Å². The van der Waals surface area contributed by atoms with E-state index in [0.717, 1.165) is 69.2 Å². The number of methoxy groups -OCH3 is 3. The summed E-state index contributed by atoms with van der Waals surface area (Å²) in [6, 6.07) is 10.2. The molecule has 12 unspecified atom stereocenters. The van der Waals surface area contributed by atoms with Crippen molar-refractivity contribution in [3.63, 3.8) is 0 Å². The lowest BCUT2D eigenvalue weighted by Crippen LogP contribution is -2.28. The maximum absolute atomic E-state index is 11.7. The fraction of sp³-hybridized carbons (Fsp3) is 0.943. The zero-order valence-electron chi connectivity index (χ0n) is 107. The first kappa shape index (κ1) is 179. The number of alkyl halides is 4. The molecule has 0 bridgehead atoms. The minimum Gasteiger partial charge on any atom is -0.466 e. The second-order valence-electron chi connectivity index (χ2n) is 49.7. The van der Waals surface area contributed by atoms with Gasteiger partial charge in [0.15, 0.2) is 0 Å². The average molecular weight is 2170 g/mol. The Balaban J connectivity index is -0.0000000983. The number of rotatable bonds is 52. The standard InChI is InChI=1S/C11H16O.C10H20O3S.2C9H20O.C8H19N.C8H18O2.3C8H18O.C7H16O2.C7H16O.2C6H12F2.2C6H14O2.C6H14O/c1-9(2)11(8-12)10-6-4-3-5-7-10;1-8(2)10(5-6-14(4)12)7-13-9(3)11;1-7(2)8(6-10)9(3,4)5;1-7(2)5-9(6-10)8(3)4;1-7(2)8(3)6-9(4)5;1-7(2)8(5-9-3)6-10-4;1-6(2)8(5-9)7(3)4;1-6(2)5-8(9)7(3)4;1-5-8(6-9-4)7(2)3;1-5(2)6(3)7(9)4-8;1-6(2)5-7(3,4)8;3*1-5(2)6(3-7)4-8;1-5(2)3-6(8)4-7;1-5(2)6(3)4-7/h3-7,9,11-12H,8H2,1-2H3;8,10H,5-7H2,1-4H3;7-8,10H,6H2,1-5H3;7-10H,5-6H2,1-4H3;7-8H,6H2,1-5H3;7-8H,5-6H2,1-4H3;2*6-9H,5H2,1-4H3;7-8H,5-6H2,1-4H3;5-9H,4H2,1-3H3;6,8H,5H2,1-4H3;2*5-6H,3-4H2,1-2H3;2*5-8H,3-4H2,1-2H3;5-7H,4H2,1-3H3. The van der Waals surface area contributed by atoms with Crippen LogP contribution in [-0.2, 0) is 34.5 Å². The number of hydrogen-bond donors (Lipinski definition) is 13. The van der Waals surface area contributed by atoms with E-state index in [0.29, 0.717) is 169 Å². The van der Waals surface area contributed by atoms with E-state index in [1.165, 1.54) is 25.5 Å². The molecule has 0 spiro atoms. The van der Waals surface area contributed by atoms with Crippen molar-refractivity contribution in [2.75, 3.05) is 167 Å². The van der Waals surface area contributed by atoms with Crippen LogP contribution in [0.1, 0.15) is 382 Å². The van der Waals surface area contributed by atoms with Gasteiger partial charge in [0.05, 0.1) is 90.3 Å². The van der Waals surface area contributed by atoms with Gasteiger partial charge in [-0.25, -0.2) is 0 Å². The van der Waals surface area contributed by atoms with Crippen molar-refractivity contribution >= 4 is 16.8 Å². The Kier molecular flexibility index (Phi) is 140. The van der Waals surface area contributed by atoms with E-state index in [-0.39, 0.29) is 91.9 Å². The molecule has 0 radical (unpaired) electrons. The summed E-state index contributed by atoms with van der Waals surface area (Å²) < 4.78 is 77.7. The number of carbonyl (C=O) groups excluding carboxylic acids is 1. The van der Waals surface area contributed by atoms with E-state index in [2.05, 4.69) is 246 Å². The highest BCUT2D eigenvalue weighted by Gasteiger charge is 2.27. The predicted octanol–water partition coefficient (Wildman–Crippen LogP) is 27.0. The highest BCUT2D eigenvalue weighted by atomic mass is 32.2. The third kappa shape index (κ3) is 134. The van der Waals surface area contributed by atoms with Crippen LogP contribution in [0.5, 0.6) is 0 Å². The van der Waals surface area contributed by atoms with Gasteiger partial charge in [0.25, 0.3) is 0 Å². The second-order valence-corrected chi connectivity index (χ2v) is 51.3. The van der Waals surface area contributed by atoms with Crippen molar-refractivity contribution in [2.45, 2.75) is 401 Å². The quantitative estimate of drug-likeness (QED) is 0.0213. The Hall–Kier alpha value is -2.12. The minimum absolute atomic E-state index is 0.0648. The third-order valence-corrected chi connectivity index (χ3v) is 27.3. The van der Waals surface area contributed by atoms with Gasteiger partial charge in [-0.3, -0.25) is 26.6 Å². The maximum atomic E-state index is 11.7. The maximum Gasteiger partial charge on any atom is 0.302 e. The first-order chi connectivity index (χ1) is 67.8. The van der Waals surface area contributed by atoms with Gasteiger partial charge in [-0.1, -0.05) is 348 Å². The molecule has 0 saturated carbocycles. The first-order valence-electron chi connectivity index (χ1n) is 56.9. The Labute approximate surface area is 920 Å². The zero-order valence-corrected chi connectivity index (χ0v) is 108. The molecule has 0 aromatic heterocycles. The van der Waals surface area contributed by atoms with Crippen LogP contribution in [0.25, 0.3) is 0 Å². The monoisotopic (exact) mass is 2170 g/mol. The summed E-state index contributed by atoms with van der Waals surface area (Å²) in [5, 5.41) is 115. The van der Waals surface area contributed by atoms with Gasteiger partial charge in [-0.2, -0.15) is 0 Å². The number of nitrogens with zero attached hydrogens (tertiary/aromatic N) is 1. The molecule has 1 aromatic carbocycles. The molecule has 0 saturated heterocycles. The summed E-state index contributed by atoms with van der Waals surface area (Å²) >= 11 is 0. The number of aliphatic hydroxyl groups is 13. The first-order valence-corrected chi connectivity index (χ1v) is 58.6. The molecule has 12 atom stereocenters. The van der Waals surface area contributed by atoms with Crippen LogP contribution >= 0.6 is 0 Å². The number of aliphatic hydroxyl groups excluding tert-OH is 12. The van der Waals surface area contributed by atoms with E-state index in [1.807, 2.05) is 129 Å². The summed E-state index contributed by atoms with van der Waals surface area (Å²) in [7, 11) is 8.71. The molecule has 910 valence electrons. The zero-order chi connectivity index (χ0) is 121. The molecule has 0 aliphatic rings. The van der Waals surface area contributed by atoms with Gasteiger partial charge in [0.1, 0.15) is 0 Å². The van der Waals surface area contributed by atoms with Gasteiger partial charge in [0.2, 0.25) is 0 Å². The smallest absolute Gasteiger partial charge is 0.302 e. The van der Waals surface area contributed by atoms with Crippen LogP contribution in [0.3, 0.4) is 0 Å². The molecule has 0 heterocycles. The van der Waals surface area contributed by atoms with Crippen LogP contribution in [0.4, 0.5) is 17.6 Å². The largest absolute Gasteiger partial charge is 0.466 e. The second kappa shape index (κ2) is 116. The van der Waals surface area contributed by atoms with Crippen molar-refractivity contribution in [1.29, 1.82) is 0 Å². The number of hydrogen-bond acceptors (Lipinski definition) is 20. The Morgan fingerprint density at radius 2 is 0.730 bits per heavy atom. The van der Waals surface area contributed by atoms with Crippen LogP contribution in [0.15, 0.2) is 30.3 Å². The fourth-order valence-electron chi connectivity index (χ4n) is 13.5. The fourth-order valence-corrected chi connectivity index (χ4v) is 14.1. The van der Waals surface area contributed by atoms with E-state index in [1.54, 1.807) is 27.6 Å². The molecule has 13 N–H and O–H groups in total. The van der Waals surface area contributed by atoms with Gasteiger partial charge in [0, 0.05) is 133 Å². The molecule has 20 nitrogen and oxygen atoms in total. The van der Waals surface area contributed by atoms with Gasteiger partial charge < -0.3 is 90.2 Å². The molecule has 0 aliphatic heterocycles. The lowest BCUT2D eigenvalue weighted by Gasteiger charge is -2.32. The molecule has 148 heavy (non-hydrogen) atoms. The summed E-state index contributed by atoms with van der Waals surface area (Å²) in [5.74, 6) is 14.6. The number of halogens is 4. The molecule has 1 rings (SSSR count). The molecule has 0 fully saturated rings. The summed E-state index contributed by atoms with van der Waals surface area (Å²) in [6.07, 6.45) is 6.25. The van der Waals surface area contributed by atoms with Crippen LogP contribution in [-0.4, -0.2) is 272 Å². The predicted molar refractivity (Wildman–Crippen MR) is 635 cm³/mol. The highest BCUT2D eigenvalue weighted by Crippen LogP contribution is 2.32. The summed E-state index contributed by atoms with van der Waals surface area (Å²) in [4.78, 5) is 12.9. The normalized spacial score (nSPS) is 13.9. The molecule has 0 aliphatic carbocycles. The van der Waals surface area contributed by atoms with Crippen LogP contribution < -0.4 is 0 Å². The Bertz CT molecular complexity index is 2610. The van der Waals surface area contributed by atoms with E-state index in [4.69, 9.17) is 75.1 Å². The van der Waals surface area contributed by atoms with Crippen molar-refractivity contribution in [3.05, 3.63) is 35.9 Å². The Morgan fingerprint density at radius 1 is 0.372 bits per heavy atom. The topological polar surface area (TPSA) is 337 Å². The third-order valence-electron chi connectivity index (χ3n) is 26.5. The molecule has 1 aromatic rings. The number of ether oxygens (including phenoxy) is 4. The Morgan fingerprint density at radius 3 is 0.851 bits per heavy atom. The van der Waals surface area contributed by atoms with Crippen molar-refractivity contribution in [3.8, 4) is 0 Å². The van der Waals surface area contributed by atoms with Gasteiger partial charge >= 0.3 is 5.97 Å². The summed E-state index contributed by atoms with van der Waals surface area (Å²) in [5.41, 5.74) is 0.992. The van der Waals surface area contributed by atoms with E-state index < -0.39 is 55.3 Å².